The van der Waals surface area contributed by atoms with Gasteiger partial charge in [0.05, 0.1) is 24.3 Å². The third-order valence-electron chi connectivity index (χ3n) is 5.58. The van der Waals surface area contributed by atoms with Crippen LogP contribution >= 0.6 is 7.60 Å². The van der Waals surface area contributed by atoms with Crippen molar-refractivity contribution in [1.29, 1.82) is 0 Å². The molecule has 0 aliphatic carbocycles. The van der Waals surface area contributed by atoms with E-state index in [-0.39, 0.29) is 30.8 Å². The summed E-state index contributed by atoms with van der Waals surface area (Å²) in [5, 5.41) is 30.4. The molecule has 1 aromatic rings. The molecule has 2 aliphatic heterocycles. The number of hydrogen-bond acceptors (Lipinski definition) is 8. The molecule has 2 saturated heterocycles. The quantitative estimate of drug-likeness (QED) is 0.118. The van der Waals surface area contributed by atoms with E-state index in [9.17, 15) is 33.1 Å². The average molecular weight is 481 g/mol. The lowest BCUT2D eigenvalue weighted by molar-refractivity contribution is -0.290. The Morgan fingerprint density at radius 2 is 1.91 bits per heavy atom. The highest BCUT2D eigenvalue weighted by Gasteiger charge is 3.01. The topological polar surface area (TPSA) is 138 Å². The number of benzene rings is 1. The summed E-state index contributed by atoms with van der Waals surface area (Å²) in [4.78, 5) is 0. The fraction of sp³-hybridized carbons (Fsp3) is 0.600. The van der Waals surface area contributed by atoms with Crippen molar-refractivity contribution in [3.05, 3.63) is 41.5 Å². The summed E-state index contributed by atoms with van der Waals surface area (Å²) in [6, 6.07) is 3.49. The van der Waals surface area contributed by atoms with Gasteiger partial charge >= 0.3 is 19.3 Å². The van der Waals surface area contributed by atoms with E-state index >= 15 is 0 Å². The molecule has 0 spiro atoms. The second kappa shape index (κ2) is 8.72. The maximum atomic E-state index is 13.5. The maximum absolute atomic E-state index is 13.5. The number of ether oxygens (including phenoxy) is 1. The van der Waals surface area contributed by atoms with Gasteiger partial charge in [-0.2, -0.15) is 13.2 Å². The molecule has 180 valence electrons. The number of nitrogens with two attached hydrogens (primary N) is 1. The fourth-order valence-corrected chi connectivity index (χ4v) is 5.25. The normalized spacial score (nSPS) is 26.6. The van der Waals surface area contributed by atoms with Crippen LogP contribution in [-0.4, -0.2) is 45.4 Å². The van der Waals surface area contributed by atoms with Gasteiger partial charge in [-0.3, -0.25) is 13.6 Å². The Balaban J connectivity index is 1.68. The second-order valence-electron chi connectivity index (χ2n) is 7.95. The van der Waals surface area contributed by atoms with Gasteiger partial charge in [0.1, 0.15) is 5.75 Å². The summed E-state index contributed by atoms with van der Waals surface area (Å²) in [7, 11) is -3.60. The van der Waals surface area contributed by atoms with Crippen LogP contribution in [0.1, 0.15) is 43.7 Å². The molecule has 2 heterocycles. The Labute approximate surface area is 183 Å². The molecule has 1 atom stereocenters. The lowest BCUT2D eigenvalue weighted by Gasteiger charge is -2.38. The van der Waals surface area contributed by atoms with Crippen molar-refractivity contribution in [2.45, 2.75) is 62.1 Å². The third-order valence-corrected chi connectivity index (χ3v) is 7.46. The summed E-state index contributed by atoms with van der Waals surface area (Å²) < 4.78 is 67.0. The number of alkyl halides is 3. The fourth-order valence-electron chi connectivity index (χ4n) is 3.40. The summed E-state index contributed by atoms with van der Waals surface area (Å²) >= 11 is 0. The number of hydrogen-bond donors (Lipinski definition) is 4. The third kappa shape index (κ3) is 4.48. The van der Waals surface area contributed by atoms with Crippen molar-refractivity contribution in [3.63, 3.8) is 0 Å². The number of unbranched alkanes of at least 4 members (excludes halogenated alkanes) is 1. The van der Waals surface area contributed by atoms with E-state index in [2.05, 4.69) is 9.05 Å². The van der Waals surface area contributed by atoms with Gasteiger partial charge < -0.3 is 25.8 Å². The molecule has 1 unspecified atom stereocenters. The van der Waals surface area contributed by atoms with Crippen LogP contribution in [0.25, 0.3) is 0 Å². The van der Waals surface area contributed by atoms with Crippen LogP contribution in [0.4, 0.5) is 13.2 Å². The van der Waals surface area contributed by atoms with Gasteiger partial charge in [-0.05, 0) is 49.8 Å². The summed E-state index contributed by atoms with van der Waals surface area (Å²) in [5.41, 5.74) is 0.811. The second-order valence-corrected chi connectivity index (χ2v) is 9.90. The van der Waals surface area contributed by atoms with Crippen LogP contribution in [0.15, 0.2) is 30.4 Å². The number of aliphatic hydroxyl groups excluding tert-OH is 1. The molecule has 12 heteroatoms. The number of aliphatic hydroxyl groups is 3. The Kier molecular flexibility index (Phi) is 6.86. The number of halogens is 3. The van der Waals surface area contributed by atoms with Crippen LogP contribution in [0, 0.1) is 0 Å². The van der Waals surface area contributed by atoms with Crippen molar-refractivity contribution in [2.75, 3.05) is 13.2 Å². The highest BCUT2D eigenvalue weighted by molar-refractivity contribution is 7.68. The smallest absolute Gasteiger partial charge is 0.419 e. The lowest BCUT2D eigenvalue weighted by atomic mass is 9.84. The summed E-state index contributed by atoms with van der Waals surface area (Å²) in [6.07, 6.45) is 0.878. The summed E-state index contributed by atoms with van der Waals surface area (Å²) in [5.74, 6) is -3.30. The first kappa shape index (κ1) is 25.2. The molecule has 0 aromatic heterocycles. The zero-order chi connectivity index (χ0) is 23.8. The van der Waals surface area contributed by atoms with Gasteiger partial charge in [0.15, 0.2) is 0 Å². The van der Waals surface area contributed by atoms with Crippen molar-refractivity contribution in [3.8, 4) is 5.75 Å². The Morgan fingerprint density at radius 3 is 2.44 bits per heavy atom. The molecule has 2 aliphatic rings. The van der Waals surface area contributed by atoms with E-state index in [0.29, 0.717) is 12.8 Å². The van der Waals surface area contributed by atoms with Gasteiger partial charge in [0, 0.05) is 0 Å². The molecule has 1 aromatic carbocycles. The van der Waals surface area contributed by atoms with Crippen molar-refractivity contribution < 1.29 is 46.8 Å². The van der Waals surface area contributed by atoms with Crippen LogP contribution in [0.5, 0.6) is 5.75 Å². The largest absolute Gasteiger partial charge is 0.493 e. The van der Waals surface area contributed by atoms with E-state index in [4.69, 9.17) is 10.5 Å². The summed E-state index contributed by atoms with van der Waals surface area (Å²) in [6.45, 7) is 1.14. The predicted octanol–water partition coefficient (Wildman–Crippen LogP) is 3.04. The first-order valence-corrected chi connectivity index (χ1v) is 11.7. The maximum Gasteiger partial charge on any atom is 0.419 e. The molecule has 0 amide bonds. The minimum absolute atomic E-state index is 0.118. The van der Waals surface area contributed by atoms with Gasteiger partial charge in [-0.15, -0.1) is 0 Å². The monoisotopic (exact) mass is 481 g/mol. The average Bonchev–Trinajstić information content (AvgIpc) is 3.54. The predicted molar refractivity (Wildman–Crippen MR) is 108 cm³/mol. The van der Waals surface area contributed by atoms with Gasteiger partial charge in [-0.25, -0.2) is 0 Å². The van der Waals surface area contributed by atoms with Crippen LogP contribution < -0.4 is 10.5 Å². The highest BCUT2D eigenvalue weighted by atomic mass is 31.2. The molecular weight excluding hydrogens is 454 g/mol. The molecule has 32 heavy (non-hydrogen) atoms. The number of allylic oxidation sites excluding steroid dienone is 2. The van der Waals surface area contributed by atoms with E-state index in [1.807, 2.05) is 19.1 Å². The molecule has 8 nitrogen and oxygen atoms in total. The molecule has 2 fully saturated rings. The standard InChI is InChI=1S/C20H27F3NO7P/c1-2-3-4-5-6-11-29-16-8-7-14(12-15(16)18(21,22)23)9-10-17(24,13-25)19(26,27)20-30-32(20,28)31-20/h3-4,7-8,12,25-27H,2,5-6,9-11,13,24H2,1H3/b4-3-. The Morgan fingerprint density at radius 1 is 1.25 bits per heavy atom. The first-order valence-electron chi connectivity index (χ1n) is 10.2. The van der Waals surface area contributed by atoms with Crippen LogP contribution in [-0.2, 0) is 26.2 Å². The molecule has 0 saturated carbocycles. The van der Waals surface area contributed by atoms with E-state index in [1.165, 1.54) is 12.1 Å². The Hall–Kier alpha value is -1.46. The van der Waals surface area contributed by atoms with E-state index < -0.39 is 42.8 Å². The molecule has 0 radical (unpaired) electrons. The Bertz CT molecular complexity index is 911. The minimum Gasteiger partial charge on any atom is -0.493 e. The zero-order valence-electron chi connectivity index (χ0n) is 17.5. The van der Waals surface area contributed by atoms with Gasteiger partial charge in [0.25, 0.3) is 5.79 Å². The molecule has 3 rings (SSSR count). The highest BCUT2D eigenvalue weighted by Crippen LogP contribution is 3.00. The van der Waals surface area contributed by atoms with Crippen molar-refractivity contribution >= 4 is 7.60 Å². The number of rotatable bonds is 12. The van der Waals surface area contributed by atoms with Crippen LogP contribution in [0.3, 0.4) is 0 Å². The van der Waals surface area contributed by atoms with Crippen molar-refractivity contribution in [2.24, 2.45) is 5.73 Å². The number of fused-ring (bicyclic) bond motifs is 1. The molecular formula is C20H27F3NO7P. The first-order chi connectivity index (χ1) is 14.9. The van der Waals surface area contributed by atoms with Gasteiger partial charge in [-0.1, -0.05) is 25.1 Å². The van der Waals surface area contributed by atoms with Crippen molar-refractivity contribution in [1.82, 2.24) is 0 Å². The van der Waals surface area contributed by atoms with E-state index in [1.54, 1.807) is 0 Å². The number of aryl methyl sites for hydroxylation is 1. The molecule has 5 N–H and O–H groups in total. The minimum atomic E-state index is -4.67. The van der Waals surface area contributed by atoms with E-state index in [0.717, 1.165) is 12.5 Å². The van der Waals surface area contributed by atoms with Gasteiger partial charge in [0.2, 0.25) is 0 Å². The molecule has 0 bridgehead atoms. The zero-order valence-corrected chi connectivity index (χ0v) is 18.4. The lowest BCUT2D eigenvalue weighted by Crippen LogP contribution is -2.68. The SMILES string of the molecule is CC/C=C\CCCOc1ccc(CCC(N)(CO)C(O)(O)C23OP2(=O)O3)cc1C(F)(F)F. The van der Waals surface area contributed by atoms with Crippen LogP contribution in [0.2, 0.25) is 0 Å².